The van der Waals surface area contributed by atoms with Gasteiger partial charge in [0.1, 0.15) is 0 Å². The van der Waals surface area contributed by atoms with Gasteiger partial charge >= 0.3 is 0 Å². The van der Waals surface area contributed by atoms with Crippen LogP contribution in [0.1, 0.15) is 36.1 Å². The van der Waals surface area contributed by atoms with E-state index >= 15 is 0 Å². The highest BCUT2D eigenvalue weighted by Gasteiger charge is 2.28. The van der Waals surface area contributed by atoms with Gasteiger partial charge in [0.05, 0.1) is 0 Å². The first-order valence-corrected chi connectivity index (χ1v) is 7.84. The molecule has 1 aliphatic rings. The summed E-state index contributed by atoms with van der Waals surface area (Å²) in [4.78, 5) is 11.3. The second-order valence-corrected chi connectivity index (χ2v) is 6.07. The summed E-state index contributed by atoms with van der Waals surface area (Å²) in [5.41, 5.74) is 11.2. The summed E-state index contributed by atoms with van der Waals surface area (Å²) in [5.74, 6) is 0.413. The zero-order valence-electron chi connectivity index (χ0n) is 12.9. The molecule has 0 saturated heterocycles. The highest BCUT2D eigenvalue weighted by atomic mass is 16.1. The van der Waals surface area contributed by atoms with Crippen LogP contribution in [0.25, 0.3) is 0 Å². The van der Waals surface area contributed by atoms with Crippen molar-refractivity contribution < 1.29 is 4.79 Å². The molecule has 114 valence electrons. The molecule has 0 aromatic heterocycles. The van der Waals surface area contributed by atoms with Gasteiger partial charge in [0, 0.05) is 18.7 Å². The zero-order valence-corrected chi connectivity index (χ0v) is 12.9. The molecule has 1 amide bonds. The van der Waals surface area contributed by atoms with Crippen LogP contribution in [0.5, 0.6) is 0 Å². The Morgan fingerprint density at radius 2 is 1.95 bits per heavy atom. The lowest BCUT2D eigenvalue weighted by atomic mass is 9.77. The van der Waals surface area contributed by atoms with E-state index in [9.17, 15) is 4.79 Å². The normalized spacial score (nSPS) is 20.3. The number of rotatable bonds is 3. The lowest BCUT2D eigenvalue weighted by molar-refractivity contribution is -0.114. The molecule has 0 aliphatic heterocycles. The van der Waals surface area contributed by atoms with Gasteiger partial charge in [-0.1, -0.05) is 42.5 Å². The Morgan fingerprint density at radius 1 is 1.18 bits per heavy atom. The summed E-state index contributed by atoms with van der Waals surface area (Å²) < 4.78 is 0. The second kappa shape index (κ2) is 6.32. The van der Waals surface area contributed by atoms with Crippen molar-refractivity contribution in [3.63, 3.8) is 0 Å². The quantitative estimate of drug-likeness (QED) is 0.911. The average molecular weight is 294 g/mol. The molecule has 0 heterocycles. The molecule has 22 heavy (non-hydrogen) atoms. The fourth-order valence-electron chi connectivity index (χ4n) is 3.41. The van der Waals surface area contributed by atoms with Gasteiger partial charge in [-0.2, -0.15) is 0 Å². The molecule has 0 spiro atoms. The standard InChI is InChI=1S/C19H22N2O/c1-13(22)21-18-9-5-8-17-16(18)11-10-15(19(17)20)12-14-6-3-2-4-7-14/h2-9,15,19H,10-12,20H2,1H3,(H,21,22). The van der Waals surface area contributed by atoms with Gasteiger partial charge in [-0.05, 0) is 47.9 Å². The van der Waals surface area contributed by atoms with Crippen LogP contribution < -0.4 is 11.1 Å². The Labute approximate surface area is 131 Å². The van der Waals surface area contributed by atoms with E-state index in [1.807, 2.05) is 18.2 Å². The smallest absolute Gasteiger partial charge is 0.221 e. The predicted octanol–water partition coefficient (Wildman–Crippen LogP) is 3.45. The minimum Gasteiger partial charge on any atom is -0.326 e. The molecule has 3 nitrogen and oxygen atoms in total. The maximum absolute atomic E-state index is 11.3. The first kappa shape index (κ1) is 14.8. The fraction of sp³-hybridized carbons (Fsp3) is 0.316. The summed E-state index contributed by atoms with van der Waals surface area (Å²) in [6.07, 6.45) is 3.03. The van der Waals surface area contributed by atoms with Gasteiger partial charge in [-0.3, -0.25) is 4.79 Å². The number of nitrogens with one attached hydrogen (secondary N) is 1. The molecule has 0 radical (unpaired) electrons. The Bertz CT molecular complexity index is 666. The molecular formula is C19H22N2O. The average Bonchev–Trinajstić information content (AvgIpc) is 2.51. The van der Waals surface area contributed by atoms with Crippen LogP contribution in [0.3, 0.4) is 0 Å². The Hall–Kier alpha value is -2.13. The highest BCUT2D eigenvalue weighted by molar-refractivity contribution is 5.89. The summed E-state index contributed by atoms with van der Waals surface area (Å²) in [5, 5.41) is 2.92. The van der Waals surface area contributed by atoms with E-state index in [-0.39, 0.29) is 11.9 Å². The van der Waals surface area contributed by atoms with E-state index in [1.165, 1.54) is 16.7 Å². The number of carbonyl (C=O) groups excluding carboxylic acids is 1. The maximum atomic E-state index is 11.3. The summed E-state index contributed by atoms with van der Waals surface area (Å²) >= 11 is 0. The number of benzene rings is 2. The van der Waals surface area contributed by atoms with E-state index in [0.29, 0.717) is 5.92 Å². The van der Waals surface area contributed by atoms with Crippen molar-refractivity contribution in [1.29, 1.82) is 0 Å². The molecular weight excluding hydrogens is 272 g/mol. The third kappa shape index (κ3) is 3.04. The van der Waals surface area contributed by atoms with E-state index in [4.69, 9.17) is 5.73 Å². The number of carbonyl (C=O) groups is 1. The number of fused-ring (bicyclic) bond motifs is 1. The van der Waals surface area contributed by atoms with Crippen LogP contribution in [0.2, 0.25) is 0 Å². The van der Waals surface area contributed by atoms with Crippen molar-refractivity contribution in [2.24, 2.45) is 11.7 Å². The second-order valence-electron chi connectivity index (χ2n) is 6.07. The summed E-state index contributed by atoms with van der Waals surface area (Å²) in [6, 6.07) is 16.6. The van der Waals surface area contributed by atoms with E-state index in [1.54, 1.807) is 6.92 Å². The molecule has 2 aromatic rings. The molecule has 3 N–H and O–H groups in total. The van der Waals surface area contributed by atoms with Crippen LogP contribution >= 0.6 is 0 Å². The molecule has 0 saturated carbocycles. The van der Waals surface area contributed by atoms with Crippen LogP contribution in [-0.4, -0.2) is 5.91 Å². The first-order chi connectivity index (χ1) is 10.6. The van der Waals surface area contributed by atoms with Gasteiger partial charge in [-0.25, -0.2) is 0 Å². The summed E-state index contributed by atoms with van der Waals surface area (Å²) in [6.45, 7) is 1.54. The van der Waals surface area contributed by atoms with E-state index in [2.05, 4.69) is 35.6 Å². The molecule has 2 unspecified atom stereocenters. The number of anilines is 1. The molecule has 1 aliphatic carbocycles. The minimum atomic E-state index is -0.0339. The molecule has 3 rings (SSSR count). The maximum Gasteiger partial charge on any atom is 0.221 e. The largest absolute Gasteiger partial charge is 0.326 e. The topological polar surface area (TPSA) is 55.1 Å². The van der Waals surface area contributed by atoms with Gasteiger partial charge in [0.25, 0.3) is 0 Å². The molecule has 0 fully saturated rings. The monoisotopic (exact) mass is 294 g/mol. The SMILES string of the molecule is CC(=O)Nc1cccc2c1CCC(Cc1ccccc1)C2N. The number of hydrogen-bond donors (Lipinski definition) is 2. The summed E-state index contributed by atoms with van der Waals surface area (Å²) in [7, 11) is 0. The Morgan fingerprint density at radius 3 is 2.68 bits per heavy atom. The zero-order chi connectivity index (χ0) is 15.5. The number of hydrogen-bond acceptors (Lipinski definition) is 2. The van der Waals surface area contributed by atoms with Gasteiger partial charge in [0.2, 0.25) is 5.91 Å². The van der Waals surface area contributed by atoms with Gasteiger partial charge in [-0.15, -0.1) is 0 Å². The minimum absolute atomic E-state index is 0.0256. The lowest BCUT2D eigenvalue weighted by Gasteiger charge is -2.32. The number of nitrogens with two attached hydrogens (primary N) is 1. The van der Waals surface area contributed by atoms with Gasteiger partial charge < -0.3 is 11.1 Å². The van der Waals surface area contributed by atoms with Crippen molar-refractivity contribution in [2.45, 2.75) is 32.2 Å². The number of amides is 1. The van der Waals surface area contributed by atoms with Crippen molar-refractivity contribution in [3.05, 3.63) is 65.2 Å². The van der Waals surface area contributed by atoms with Crippen LogP contribution in [0.4, 0.5) is 5.69 Å². The van der Waals surface area contributed by atoms with E-state index in [0.717, 1.165) is 24.9 Å². The van der Waals surface area contributed by atoms with Crippen molar-refractivity contribution >= 4 is 11.6 Å². The Kier molecular flexibility index (Phi) is 4.25. The van der Waals surface area contributed by atoms with Crippen LogP contribution in [0.15, 0.2) is 48.5 Å². The Balaban J connectivity index is 1.83. The highest BCUT2D eigenvalue weighted by Crippen LogP contribution is 2.37. The lowest BCUT2D eigenvalue weighted by Crippen LogP contribution is -2.29. The first-order valence-electron chi connectivity index (χ1n) is 7.84. The van der Waals surface area contributed by atoms with Crippen molar-refractivity contribution in [2.75, 3.05) is 5.32 Å². The molecule has 3 heteroatoms. The molecule has 2 atom stereocenters. The van der Waals surface area contributed by atoms with Crippen molar-refractivity contribution in [1.82, 2.24) is 0 Å². The van der Waals surface area contributed by atoms with Crippen LogP contribution in [-0.2, 0) is 17.6 Å². The third-order valence-corrected chi connectivity index (χ3v) is 4.50. The van der Waals surface area contributed by atoms with Crippen molar-refractivity contribution in [3.8, 4) is 0 Å². The molecule has 2 aromatic carbocycles. The molecule has 0 bridgehead atoms. The third-order valence-electron chi connectivity index (χ3n) is 4.50. The van der Waals surface area contributed by atoms with Gasteiger partial charge in [0.15, 0.2) is 0 Å². The fourth-order valence-corrected chi connectivity index (χ4v) is 3.41. The van der Waals surface area contributed by atoms with Crippen LogP contribution in [0, 0.1) is 5.92 Å². The predicted molar refractivity (Wildman–Crippen MR) is 89.6 cm³/mol. The van der Waals surface area contributed by atoms with E-state index < -0.39 is 0 Å².